The molecule has 0 fully saturated rings. The van der Waals surface area contributed by atoms with Crippen molar-refractivity contribution in [2.75, 3.05) is 11.1 Å². The molecule has 3 N–H and O–H groups in total. The molecule has 0 aliphatic carbocycles. The minimum Gasteiger partial charge on any atom is -0.396 e. The van der Waals surface area contributed by atoms with Crippen molar-refractivity contribution < 1.29 is 18.0 Å². The number of carbonyl (C=O) groups excluding carboxylic acids is 1. The Bertz CT molecular complexity index is 692. The summed E-state index contributed by atoms with van der Waals surface area (Å²) < 4.78 is 40.5. The van der Waals surface area contributed by atoms with Crippen LogP contribution in [0.3, 0.4) is 0 Å². The van der Waals surface area contributed by atoms with E-state index < -0.39 is 23.4 Å². The van der Waals surface area contributed by atoms with Crippen LogP contribution >= 0.6 is 15.9 Å². The molecule has 2 aromatic rings. The monoisotopic (exact) mass is 344 g/mol. The molecule has 0 radical (unpaired) electrons. The van der Waals surface area contributed by atoms with Crippen molar-refractivity contribution in [1.29, 1.82) is 0 Å². The first-order chi connectivity index (χ1) is 9.38. The van der Waals surface area contributed by atoms with Gasteiger partial charge in [-0.05, 0) is 24.3 Å². The molecule has 3 nitrogen and oxygen atoms in total. The topological polar surface area (TPSA) is 55.1 Å². The summed E-state index contributed by atoms with van der Waals surface area (Å²) in [5.41, 5.74) is 4.36. The van der Waals surface area contributed by atoms with Crippen molar-refractivity contribution in [2.24, 2.45) is 0 Å². The van der Waals surface area contributed by atoms with E-state index in [-0.39, 0.29) is 16.9 Å². The highest BCUT2D eigenvalue weighted by molar-refractivity contribution is 9.10. The molecule has 104 valence electrons. The third-order valence-electron chi connectivity index (χ3n) is 2.51. The lowest BCUT2D eigenvalue weighted by Gasteiger charge is -2.09. The van der Waals surface area contributed by atoms with Gasteiger partial charge in [0.25, 0.3) is 5.91 Å². The van der Waals surface area contributed by atoms with E-state index in [1.54, 1.807) is 0 Å². The lowest BCUT2D eigenvalue weighted by atomic mass is 10.2. The summed E-state index contributed by atoms with van der Waals surface area (Å²) in [6.45, 7) is 0. The molecule has 0 unspecified atom stereocenters. The van der Waals surface area contributed by atoms with Gasteiger partial charge in [0, 0.05) is 10.5 Å². The van der Waals surface area contributed by atoms with Crippen LogP contribution in [0.2, 0.25) is 0 Å². The van der Waals surface area contributed by atoms with Crippen molar-refractivity contribution in [2.45, 2.75) is 0 Å². The highest BCUT2D eigenvalue weighted by Crippen LogP contribution is 2.23. The summed E-state index contributed by atoms with van der Waals surface area (Å²) in [6, 6.07) is 5.23. The van der Waals surface area contributed by atoms with Crippen LogP contribution in [0, 0.1) is 17.5 Å². The predicted molar refractivity (Wildman–Crippen MR) is 72.8 cm³/mol. The van der Waals surface area contributed by atoms with Crippen LogP contribution in [0.25, 0.3) is 0 Å². The van der Waals surface area contributed by atoms with Gasteiger partial charge in [-0.1, -0.05) is 15.9 Å². The van der Waals surface area contributed by atoms with Crippen LogP contribution in [0.5, 0.6) is 0 Å². The van der Waals surface area contributed by atoms with Gasteiger partial charge in [-0.2, -0.15) is 0 Å². The Morgan fingerprint density at radius 3 is 2.45 bits per heavy atom. The molecule has 0 bridgehead atoms. The van der Waals surface area contributed by atoms with Crippen LogP contribution in [0.1, 0.15) is 10.4 Å². The van der Waals surface area contributed by atoms with E-state index in [1.165, 1.54) is 12.1 Å². The van der Waals surface area contributed by atoms with E-state index in [0.29, 0.717) is 10.5 Å². The second-order valence-electron chi connectivity index (χ2n) is 3.93. The normalized spacial score (nSPS) is 10.4. The molecule has 20 heavy (non-hydrogen) atoms. The first-order valence-corrected chi connectivity index (χ1v) is 6.18. The highest BCUT2D eigenvalue weighted by Gasteiger charge is 2.15. The van der Waals surface area contributed by atoms with E-state index >= 15 is 0 Å². The molecular formula is C13H8BrF3N2O. The summed E-state index contributed by atoms with van der Waals surface area (Å²) in [5, 5.41) is 2.14. The second-order valence-corrected chi connectivity index (χ2v) is 4.85. The lowest BCUT2D eigenvalue weighted by Crippen LogP contribution is -2.15. The van der Waals surface area contributed by atoms with Gasteiger partial charge in [-0.3, -0.25) is 4.79 Å². The number of nitrogens with two attached hydrogens (primary N) is 1. The maximum Gasteiger partial charge on any atom is 0.258 e. The van der Waals surface area contributed by atoms with Gasteiger partial charge in [-0.25, -0.2) is 13.2 Å². The molecule has 0 spiro atoms. The zero-order chi connectivity index (χ0) is 14.9. The molecule has 0 heterocycles. The Balaban J connectivity index is 2.32. The van der Waals surface area contributed by atoms with Gasteiger partial charge < -0.3 is 11.1 Å². The molecule has 0 saturated carbocycles. The first-order valence-electron chi connectivity index (χ1n) is 5.39. The summed E-state index contributed by atoms with van der Waals surface area (Å²) in [7, 11) is 0. The molecule has 7 heteroatoms. The SMILES string of the molecule is Nc1cc(NC(=O)c2cc(Br)ccc2F)c(F)cc1F. The van der Waals surface area contributed by atoms with E-state index in [9.17, 15) is 18.0 Å². The van der Waals surface area contributed by atoms with Crippen molar-refractivity contribution in [3.63, 3.8) is 0 Å². The van der Waals surface area contributed by atoms with Gasteiger partial charge in [0.2, 0.25) is 0 Å². The fraction of sp³-hybridized carbons (Fsp3) is 0. The quantitative estimate of drug-likeness (QED) is 0.816. The first kappa shape index (κ1) is 14.4. The number of rotatable bonds is 2. The third-order valence-corrected chi connectivity index (χ3v) is 3.00. The zero-order valence-electron chi connectivity index (χ0n) is 9.88. The van der Waals surface area contributed by atoms with Gasteiger partial charge in [0.15, 0.2) is 0 Å². The van der Waals surface area contributed by atoms with Gasteiger partial charge >= 0.3 is 0 Å². The van der Waals surface area contributed by atoms with Crippen molar-refractivity contribution in [3.05, 3.63) is 57.8 Å². The molecule has 0 aromatic heterocycles. The summed E-state index contributed by atoms with van der Waals surface area (Å²) in [6.07, 6.45) is 0. The fourth-order valence-corrected chi connectivity index (χ4v) is 1.88. The molecule has 2 rings (SSSR count). The molecule has 2 aromatic carbocycles. The van der Waals surface area contributed by atoms with Gasteiger partial charge in [0.1, 0.15) is 17.5 Å². The maximum absolute atomic E-state index is 13.5. The Kier molecular flexibility index (Phi) is 3.99. The molecule has 1 amide bonds. The largest absolute Gasteiger partial charge is 0.396 e. The minimum atomic E-state index is -1.000. The standard InChI is InChI=1S/C13H8BrF3N2O/c14-6-1-2-8(15)7(3-6)13(20)19-12-5-11(18)9(16)4-10(12)17/h1-5H,18H2,(H,19,20). The number of benzene rings is 2. The molecule has 0 saturated heterocycles. The number of nitrogen functional groups attached to an aromatic ring is 1. The number of halogens is 4. The smallest absolute Gasteiger partial charge is 0.258 e. The van der Waals surface area contributed by atoms with Crippen LogP contribution in [0.4, 0.5) is 24.5 Å². The van der Waals surface area contributed by atoms with Gasteiger partial charge in [0.05, 0.1) is 16.9 Å². The zero-order valence-corrected chi connectivity index (χ0v) is 11.5. The summed E-state index contributed by atoms with van der Waals surface area (Å²) >= 11 is 3.10. The molecule has 0 atom stereocenters. The van der Waals surface area contributed by atoms with Gasteiger partial charge in [-0.15, -0.1) is 0 Å². The number of anilines is 2. The summed E-state index contributed by atoms with van der Waals surface area (Å²) in [4.78, 5) is 11.9. The predicted octanol–water partition coefficient (Wildman–Crippen LogP) is 3.70. The molecule has 0 aliphatic heterocycles. The Morgan fingerprint density at radius 1 is 1.05 bits per heavy atom. The van der Waals surface area contributed by atoms with Crippen LogP contribution in [-0.2, 0) is 0 Å². The lowest BCUT2D eigenvalue weighted by molar-refractivity contribution is 0.102. The average Bonchev–Trinajstić information content (AvgIpc) is 2.38. The molecular weight excluding hydrogens is 337 g/mol. The van der Waals surface area contributed by atoms with Crippen molar-refractivity contribution in [1.82, 2.24) is 0 Å². The summed E-state index contributed by atoms with van der Waals surface area (Å²) in [5.74, 6) is -3.57. The number of nitrogens with one attached hydrogen (secondary N) is 1. The Morgan fingerprint density at radius 2 is 1.75 bits per heavy atom. The van der Waals surface area contributed by atoms with E-state index in [2.05, 4.69) is 21.2 Å². The third kappa shape index (κ3) is 2.93. The van der Waals surface area contributed by atoms with E-state index in [4.69, 9.17) is 5.73 Å². The van der Waals surface area contributed by atoms with Crippen LogP contribution < -0.4 is 11.1 Å². The fourth-order valence-electron chi connectivity index (χ4n) is 1.52. The second kappa shape index (κ2) is 5.54. The number of hydrogen-bond donors (Lipinski definition) is 2. The number of hydrogen-bond acceptors (Lipinski definition) is 2. The van der Waals surface area contributed by atoms with Crippen molar-refractivity contribution >= 4 is 33.2 Å². The maximum atomic E-state index is 13.5. The van der Waals surface area contributed by atoms with Crippen LogP contribution in [0.15, 0.2) is 34.8 Å². The number of carbonyl (C=O) groups is 1. The van der Waals surface area contributed by atoms with E-state index in [0.717, 1.165) is 12.1 Å². The highest BCUT2D eigenvalue weighted by atomic mass is 79.9. The van der Waals surface area contributed by atoms with Crippen LogP contribution in [-0.4, -0.2) is 5.91 Å². The Labute approximate surface area is 120 Å². The van der Waals surface area contributed by atoms with E-state index in [1.807, 2.05) is 0 Å². The minimum absolute atomic E-state index is 0.276. The Hall–Kier alpha value is -2.02. The van der Waals surface area contributed by atoms with Crippen molar-refractivity contribution in [3.8, 4) is 0 Å². The molecule has 0 aliphatic rings. The number of amides is 1. The average molecular weight is 345 g/mol.